The number of amides is 3. The summed E-state index contributed by atoms with van der Waals surface area (Å²) in [5.74, 6) is -3.36. The molecule has 70 heavy (non-hydrogen) atoms. The van der Waals surface area contributed by atoms with E-state index in [-0.39, 0.29) is 88.3 Å². The van der Waals surface area contributed by atoms with Crippen LogP contribution in [0.3, 0.4) is 0 Å². The number of nitrogens with one attached hydrogen (secondary N) is 3. The second-order valence-electron chi connectivity index (χ2n) is 14.5. The maximum absolute atomic E-state index is 14.5. The number of halogens is 7. The summed E-state index contributed by atoms with van der Waals surface area (Å²) in [6.45, 7) is 0.132. The van der Waals surface area contributed by atoms with Crippen LogP contribution in [0.1, 0.15) is 55.3 Å². The Balaban J connectivity index is 0.000000183. The number of carbonyl (C=O) groups is 4. The first-order chi connectivity index (χ1) is 33.2. The van der Waals surface area contributed by atoms with Crippen molar-refractivity contribution in [2.24, 2.45) is 5.73 Å². The van der Waals surface area contributed by atoms with Crippen molar-refractivity contribution in [3.8, 4) is 11.5 Å². The zero-order valence-electron chi connectivity index (χ0n) is 35.9. The highest BCUT2D eigenvalue weighted by Gasteiger charge is 2.34. The third-order valence-electron chi connectivity index (χ3n) is 9.81. The number of hydrogen-bond donors (Lipinski definition) is 4. The van der Waals surface area contributed by atoms with E-state index in [9.17, 15) is 36.7 Å². The molecule has 7 aromatic rings. The SMILES string of the molecule is Cl.NC1COc2c(C(=O)Nc3ccc(F)c(Cl)c3)ccc(F)c21.O=C(NC1COc2c(C(=O)Nc3ccc(F)c(Cl)c3)ccc(F)c21)OCc1ccccn1.O=C(OCc1ccccn1)n1ccnc1. The average Bonchev–Trinajstić information content (AvgIpc) is 4.13. The fourth-order valence-electron chi connectivity index (χ4n) is 6.52. The number of nitrogens with zero attached hydrogens (tertiary/aromatic N) is 4. The highest BCUT2D eigenvalue weighted by molar-refractivity contribution is 6.31. The van der Waals surface area contributed by atoms with Crippen LogP contribution in [0.2, 0.25) is 10.0 Å². The maximum Gasteiger partial charge on any atom is 0.419 e. The van der Waals surface area contributed by atoms with Crippen LogP contribution in [0.4, 0.5) is 38.5 Å². The number of rotatable bonds is 9. The topological polar surface area (TPSA) is 211 Å². The molecule has 0 radical (unpaired) electrons. The van der Waals surface area contributed by atoms with Crippen LogP contribution in [0.15, 0.2) is 128 Å². The normalized spacial score (nSPS) is 13.7. The Morgan fingerprint density at radius 3 is 1.70 bits per heavy atom. The highest BCUT2D eigenvalue weighted by Crippen LogP contribution is 2.39. The number of nitrogens with two attached hydrogens (primary N) is 1. The van der Waals surface area contributed by atoms with E-state index in [1.165, 1.54) is 65.8 Å². The second kappa shape index (κ2) is 24.0. The lowest BCUT2D eigenvalue weighted by atomic mass is 10.0. The molecule has 3 amide bonds. The first-order valence-corrected chi connectivity index (χ1v) is 21.1. The summed E-state index contributed by atoms with van der Waals surface area (Å²) >= 11 is 11.4. The minimum atomic E-state index is -0.853. The summed E-state index contributed by atoms with van der Waals surface area (Å²) in [5.41, 5.74) is 8.01. The van der Waals surface area contributed by atoms with Crippen molar-refractivity contribution in [1.82, 2.24) is 24.8 Å². The lowest BCUT2D eigenvalue weighted by molar-refractivity contribution is 0.101. The second-order valence-corrected chi connectivity index (χ2v) is 15.3. The summed E-state index contributed by atoms with van der Waals surface area (Å²) in [6.07, 6.45) is 6.41. The van der Waals surface area contributed by atoms with Gasteiger partial charge in [-0.25, -0.2) is 36.7 Å². The third kappa shape index (κ3) is 13.0. The third-order valence-corrected chi connectivity index (χ3v) is 10.4. The van der Waals surface area contributed by atoms with Gasteiger partial charge in [0.25, 0.3) is 11.8 Å². The fraction of sp³-hybridized carbons (Fsp3) is 0.128. The number of alkyl carbamates (subject to hydrolysis) is 1. The molecular formula is C47H37Cl3F4N8O8. The van der Waals surface area contributed by atoms with Gasteiger partial charge in [0.05, 0.1) is 55.8 Å². The van der Waals surface area contributed by atoms with E-state index < -0.39 is 59.4 Å². The van der Waals surface area contributed by atoms with Gasteiger partial charge in [-0.2, -0.15) is 0 Å². The van der Waals surface area contributed by atoms with Gasteiger partial charge in [0, 0.05) is 36.2 Å². The Hall–Kier alpha value is -7.78. The smallest absolute Gasteiger partial charge is 0.419 e. The number of fused-ring (bicyclic) bond motifs is 2. The Labute approximate surface area is 411 Å². The van der Waals surface area contributed by atoms with E-state index >= 15 is 0 Å². The van der Waals surface area contributed by atoms with Gasteiger partial charge >= 0.3 is 12.2 Å². The van der Waals surface area contributed by atoms with Gasteiger partial charge in [0.1, 0.15) is 67.5 Å². The maximum atomic E-state index is 14.5. The molecular weight excluding hydrogens is 987 g/mol. The van der Waals surface area contributed by atoms with E-state index in [1.54, 1.807) is 42.7 Å². The van der Waals surface area contributed by atoms with Gasteiger partial charge in [-0.3, -0.25) is 19.6 Å². The van der Waals surface area contributed by atoms with Crippen molar-refractivity contribution in [1.29, 1.82) is 0 Å². The molecule has 0 spiro atoms. The number of imidazole rings is 1. The summed E-state index contributed by atoms with van der Waals surface area (Å²) in [6, 6.07) is 21.5. The van der Waals surface area contributed by atoms with Crippen LogP contribution in [-0.4, -0.2) is 56.7 Å². The van der Waals surface area contributed by atoms with Gasteiger partial charge in [0.15, 0.2) is 0 Å². The molecule has 2 aliphatic rings. The molecule has 4 aromatic carbocycles. The van der Waals surface area contributed by atoms with Gasteiger partial charge < -0.3 is 40.6 Å². The quantitative estimate of drug-likeness (QED) is 0.0996. The van der Waals surface area contributed by atoms with Gasteiger partial charge in [-0.1, -0.05) is 35.3 Å². The first kappa shape index (κ1) is 51.6. The predicted molar refractivity (Wildman–Crippen MR) is 249 cm³/mol. The lowest BCUT2D eigenvalue weighted by Gasteiger charge is -2.13. The molecule has 5 heterocycles. The molecule has 9 rings (SSSR count). The van der Waals surface area contributed by atoms with E-state index in [0.29, 0.717) is 17.1 Å². The van der Waals surface area contributed by atoms with E-state index in [4.69, 9.17) is 47.9 Å². The fourth-order valence-corrected chi connectivity index (χ4v) is 6.88. The van der Waals surface area contributed by atoms with Gasteiger partial charge in [-0.05, 0) is 84.9 Å². The molecule has 16 nitrogen and oxygen atoms in total. The average molecular weight is 1020 g/mol. The molecule has 0 saturated heterocycles. The van der Waals surface area contributed by atoms with Crippen molar-refractivity contribution in [2.45, 2.75) is 25.3 Å². The van der Waals surface area contributed by atoms with Crippen molar-refractivity contribution in [3.05, 3.63) is 195 Å². The number of anilines is 2. The molecule has 0 saturated carbocycles. The van der Waals surface area contributed by atoms with Gasteiger partial charge in [-0.15, -0.1) is 12.4 Å². The summed E-state index contributed by atoms with van der Waals surface area (Å²) < 4.78 is 76.9. The van der Waals surface area contributed by atoms with Crippen LogP contribution < -0.4 is 31.2 Å². The van der Waals surface area contributed by atoms with Crippen LogP contribution in [0.5, 0.6) is 11.5 Å². The Bertz CT molecular complexity index is 2980. The van der Waals surface area contributed by atoms with E-state index in [1.807, 2.05) is 6.07 Å². The number of hydrogen-bond acceptors (Lipinski definition) is 12. The predicted octanol–water partition coefficient (Wildman–Crippen LogP) is 9.77. The molecule has 362 valence electrons. The Morgan fingerprint density at radius 1 is 0.671 bits per heavy atom. The molecule has 2 aliphatic heterocycles. The van der Waals surface area contributed by atoms with E-state index in [0.717, 1.165) is 18.2 Å². The number of carbonyl (C=O) groups excluding carboxylic acids is 4. The van der Waals surface area contributed by atoms with Crippen LogP contribution in [-0.2, 0) is 22.7 Å². The van der Waals surface area contributed by atoms with Crippen molar-refractivity contribution in [3.63, 3.8) is 0 Å². The monoisotopic (exact) mass is 1020 g/mol. The minimum Gasteiger partial charge on any atom is -0.490 e. The van der Waals surface area contributed by atoms with Gasteiger partial charge in [0.2, 0.25) is 0 Å². The number of benzene rings is 4. The van der Waals surface area contributed by atoms with E-state index in [2.05, 4.69) is 30.9 Å². The first-order valence-electron chi connectivity index (χ1n) is 20.3. The Kier molecular flexibility index (Phi) is 17.7. The molecule has 2 atom stereocenters. The molecule has 3 aromatic heterocycles. The molecule has 0 aliphatic carbocycles. The highest BCUT2D eigenvalue weighted by atomic mass is 35.5. The molecule has 0 fully saturated rings. The molecule has 5 N–H and O–H groups in total. The molecule has 0 bridgehead atoms. The summed E-state index contributed by atoms with van der Waals surface area (Å²) in [4.78, 5) is 60.3. The molecule has 2 unspecified atom stereocenters. The largest absolute Gasteiger partial charge is 0.490 e. The number of aromatic nitrogens is 4. The van der Waals surface area contributed by atoms with Crippen LogP contribution in [0, 0.1) is 23.3 Å². The molecule has 23 heteroatoms. The van der Waals surface area contributed by atoms with Crippen molar-refractivity contribution in [2.75, 3.05) is 23.8 Å². The standard InChI is InChI=1S/C22H16ClF2N3O4.C15H11ClF2N2O2.C10H9N3O2.ClH/c23-15-9-12(4-6-16(15)24)27-21(29)14-5-7-17(25)19-18(11-31-20(14)19)28-22(30)32-10-13-3-1-2-8-26-13;16-9-5-7(1-3-10(9)17)20-15(21)8-2-4-11(18)13-12(19)6-22-14(8)13;14-10(13-6-5-11-8-13)15-7-9-3-1-2-4-12-9;/h1-9,18H,10-11H2,(H,27,29)(H,28,30);1-5,12H,6,19H2,(H,20,21);1-6,8H,7H2;1H. The summed E-state index contributed by atoms with van der Waals surface area (Å²) in [7, 11) is 0. The zero-order chi connectivity index (χ0) is 49.0. The number of pyridine rings is 2. The number of ether oxygens (including phenoxy) is 4. The van der Waals surface area contributed by atoms with Crippen molar-refractivity contribution >= 4 is 71.0 Å². The lowest BCUT2D eigenvalue weighted by Crippen LogP contribution is -2.30. The van der Waals surface area contributed by atoms with Crippen LogP contribution in [0.25, 0.3) is 0 Å². The zero-order valence-corrected chi connectivity index (χ0v) is 38.2. The van der Waals surface area contributed by atoms with Crippen LogP contribution >= 0.6 is 35.6 Å². The van der Waals surface area contributed by atoms with Crippen molar-refractivity contribution < 1.29 is 55.7 Å². The summed E-state index contributed by atoms with van der Waals surface area (Å²) in [5, 5.41) is 7.38. The minimum absolute atomic E-state index is 0. The Morgan fingerprint density at radius 2 is 1.19 bits per heavy atom.